The molecule has 3 heterocycles. The fourth-order valence-corrected chi connectivity index (χ4v) is 4.85. The molecule has 0 bridgehead atoms. The summed E-state index contributed by atoms with van der Waals surface area (Å²) in [6, 6.07) is 0. The predicted octanol–water partition coefficient (Wildman–Crippen LogP) is 2.43. The zero-order valence-corrected chi connectivity index (χ0v) is 12.9. The minimum atomic E-state index is 0.0357. The van der Waals surface area contributed by atoms with Crippen LogP contribution in [0.3, 0.4) is 0 Å². The molecule has 0 spiro atoms. The molecule has 5 nitrogen and oxygen atoms in total. The third-order valence-corrected chi connectivity index (χ3v) is 5.68. The molecule has 0 fully saturated rings. The van der Waals surface area contributed by atoms with E-state index in [0.29, 0.717) is 16.5 Å². The van der Waals surface area contributed by atoms with Gasteiger partial charge in [-0.1, -0.05) is 6.92 Å². The Morgan fingerprint density at radius 1 is 1.50 bits per heavy atom. The number of aromatic nitrogens is 4. The highest BCUT2D eigenvalue weighted by atomic mass is 32.1. The summed E-state index contributed by atoms with van der Waals surface area (Å²) in [4.78, 5) is 14.9. The molecule has 1 atom stereocenters. The molecule has 1 aliphatic carbocycles. The second-order valence-corrected chi connectivity index (χ2v) is 7.03. The number of nitrogens with zero attached hydrogens (tertiary/aromatic N) is 3. The van der Waals surface area contributed by atoms with E-state index in [0.717, 1.165) is 29.5 Å². The number of rotatable bonds is 0. The summed E-state index contributed by atoms with van der Waals surface area (Å²) in [5.74, 6) is 1.27. The number of nitrogens with one attached hydrogen (secondary N) is 1. The zero-order valence-electron chi connectivity index (χ0n) is 11.3. The van der Waals surface area contributed by atoms with Gasteiger partial charge in [0, 0.05) is 11.9 Å². The fraction of sp³-hybridized carbons (Fsp3) is 0.462. The van der Waals surface area contributed by atoms with Gasteiger partial charge in [0.05, 0.1) is 5.39 Å². The standard InChI is InChI=1S/C13H14N4OS2/c1-6-3-4-7-8(5-6)20-11-9(7)10(18)16(2)12-14-15-13(19)17(11)12/h6H,3-5H2,1-2H3,(H,15,19)/t6-/m0/s1. The van der Waals surface area contributed by atoms with Crippen LogP contribution in [-0.4, -0.2) is 19.2 Å². The molecular formula is C13H14N4OS2. The van der Waals surface area contributed by atoms with E-state index >= 15 is 0 Å². The maximum atomic E-state index is 12.6. The van der Waals surface area contributed by atoms with Gasteiger partial charge in [0.1, 0.15) is 4.83 Å². The van der Waals surface area contributed by atoms with Gasteiger partial charge in [-0.05, 0) is 43.0 Å². The first kappa shape index (κ1) is 12.3. The molecule has 0 saturated heterocycles. The van der Waals surface area contributed by atoms with Crippen LogP contribution in [0.2, 0.25) is 0 Å². The van der Waals surface area contributed by atoms with Gasteiger partial charge in [0.25, 0.3) is 5.56 Å². The molecule has 7 heteroatoms. The van der Waals surface area contributed by atoms with Crippen LogP contribution in [0.25, 0.3) is 16.0 Å². The van der Waals surface area contributed by atoms with Crippen LogP contribution in [0.4, 0.5) is 0 Å². The van der Waals surface area contributed by atoms with Crippen LogP contribution in [0.5, 0.6) is 0 Å². The lowest BCUT2D eigenvalue weighted by Gasteiger charge is -2.17. The SMILES string of the molecule is C[C@H]1CCc2c(sc3c2c(=O)n(C)c2n[nH]c(=S)n32)C1. The van der Waals surface area contributed by atoms with Crippen molar-refractivity contribution in [2.24, 2.45) is 13.0 Å². The quantitative estimate of drug-likeness (QED) is 0.649. The number of H-pyrrole nitrogens is 1. The maximum Gasteiger partial charge on any atom is 0.263 e. The van der Waals surface area contributed by atoms with Crippen LogP contribution in [-0.2, 0) is 19.9 Å². The monoisotopic (exact) mass is 306 g/mol. The van der Waals surface area contributed by atoms with Crippen molar-refractivity contribution in [2.75, 3.05) is 0 Å². The smallest absolute Gasteiger partial charge is 0.263 e. The Balaban J connectivity index is 2.27. The summed E-state index contributed by atoms with van der Waals surface area (Å²) in [6.07, 6.45) is 3.20. The third kappa shape index (κ3) is 1.44. The molecule has 0 amide bonds. The Morgan fingerprint density at radius 2 is 2.30 bits per heavy atom. The number of hydrogen-bond acceptors (Lipinski definition) is 4. The van der Waals surface area contributed by atoms with Crippen LogP contribution < -0.4 is 5.56 Å². The van der Waals surface area contributed by atoms with E-state index in [1.165, 1.54) is 10.4 Å². The number of aromatic amines is 1. The van der Waals surface area contributed by atoms with Gasteiger partial charge >= 0.3 is 0 Å². The van der Waals surface area contributed by atoms with Crippen molar-refractivity contribution in [3.8, 4) is 0 Å². The van der Waals surface area contributed by atoms with Crippen molar-refractivity contribution in [1.29, 1.82) is 0 Å². The number of fused-ring (bicyclic) bond motifs is 5. The maximum absolute atomic E-state index is 12.6. The number of aryl methyl sites for hydroxylation is 2. The molecule has 1 N–H and O–H groups in total. The first-order valence-electron chi connectivity index (χ1n) is 6.68. The molecule has 20 heavy (non-hydrogen) atoms. The van der Waals surface area contributed by atoms with Crippen LogP contribution in [0, 0.1) is 10.7 Å². The Kier molecular flexibility index (Phi) is 2.47. The summed E-state index contributed by atoms with van der Waals surface area (Å²) in [7, 11) is 1.75. The highest BCUT2D eigenvalue weighted by Gasteiger charge is 2.24. The molecule has 0 aliphatic heterocycles. The van der Waals surface area contributed by atoms with Gasteiger partial charge < -0.3 is 0 Å². The summed E-state index contributed by atoms with van der Waals surface area (Å²) in [6.45, 7) is 2.27. The van der Waals surface area contributed by atoms with E-state index in [1.807, 2.05) is 4.40 Å². The minimum absolute atomic E-state index is 0.0357. The molecule has 3 aromatic heterocycles. The Hall–Kier alpha value is -1.47. The second kappa shape index (κ2) is 4.02. The molecule has 4 rings (SSSR count). The molecule has 3 aromatic rings. The average Bonchev–Trinajstić information content (AvgIpc) is 2.96. The van der Waals surface area contributed by atoms with E-state index in [1.54, 1.807) is 23.0 Å². The zero-order chi connectivity index (χ0) is 14.0. The fourth-order valence-electron chi connectivity index (χ4n) is 3.07. The van der Waals surface area contributed by atoms with E-state index in [2.05, 4.69) is 17.1 Å². The van der Waals surface area contributed by atoms with Crippen molar-refractivity contribution in [3.05, 3.63) is 25.6 Å². The molecule has 1 aliphatic rings. The molecule has 0 aromatic carbocycles. The Labute approximate surface area is 123 Å². The lowest BCUT2D eigenvalue weighted by molar-refractivity contribution is 0.509. The van der Waals surface area contributed by atoms with E-state index in [9.17, 15) is 4.79 Å². The lowest BCUT2D eigenvalue weighted by Crippen LogP contribution is -2.21. The molecule has 0 radical (unpaired) electrons. The third-order valence-electron chi connectivity index (χ3n) is 4.17. The predicted molar refractivity (Wildman–Crippen MR) is 82.2 cm³/mol. The molecule has 0 saturated carbocycles. The summed E-state index contributed by atoms with van der Waals surface area (Å²) in [5.41, 5.74) is 1.27. The highest BCUT2D eigenvalue weighted by Crippen LogP contribution is 2.36. The number of thiophene rings is 1. The van der Waals surface area contributed by atoms with Crippen molar-refractivity contribution >= 4 is 39.5 Å². The minimum Gasteiger partial charge on any atom is -0.279 e. The molecule has 0 unspecified atom stereocenters. The molecular weight excluding hydrogens is 292 g/mol. The first-order chi connectivity index (χ1) is 9.58. The summed E-state index contributed by atoms with van der Waals surface area (Å²) < 4.78 is 4.02. The average molecular weight is 306 g/mol. The molecule has 104 valence electrons. The summed E-state index contributed by atoms with van der Waals surface area (Å²) in [5, 5.41) is 7.79. The number of hydrogen-bond donors (Lipinski definition) is 1. The van der Waals surface area contributed by atoms with Gasteiger partial charge in [-0.2, -0.15) is 0 Å². The van der Waals surface area contributed by atoms with E-state index in [-0.39, 0.29) is 5.56 Å². The Bertz CT molecular complexity index is 959. The van der Waals surface area contributed by atoms with E-state index in [4.69, 9.17) is 12.2 Å². The first-order valence-corrected chi connectivity index (χ1v) is 7.90. The van der Waals surface area contributed by atoms with Gasteiger partial charge in [-0.3, -0.25) is 9.36 Å². The van der Waals surface area contributed by atoms with Gasteiger partial charge in [0.15, 0.2) is 0 Å². The van der Waals surface area contributed by atoms with Crippen molar-refractivity contribution in [2.45, 2.75) is 26.2 Å². The van der Waals surface area contributed by atoms with Crippen molar-refractivity contribution < 1.29 is 0 Å². The van der Waals surface area contributed by atoms with Crippen molar-refractivity contribution in [3.63, 3.8) is 0 Å². The van der Waals surface area contributed by atoms with Crippen LogP contribution in [0.1, 0.15) is 23.8 Å². The highest BCUT2D eigenvalue weighted by molar-refractivity contribution is 7.71. The Morgan fingerprint density at radius 3 is 3.10 bits per heavy atom. The topological polar surface area (TPSA) is 55.1 Å². The van der Waals surface area contributed by atoms with Crippen molar-refractivity contribution in [1.82, 2.24) is 19.2 Å². The van der Waals surface area contributed by atoms with Gasteiger partial charge in [-0.25, -0.2) is 9.50 Å². The van der Waals surface area contributed by atoms with E-state index < -0.39 is 0 Å². The lowest BCUT2D eigenvalue weighted by atomic mass is 9.89. The second-order valence-electron chi connectivity index (χ2n) is 5.56. The normalized spacial score (nSPS) is 18.8. The largest absolute Gasteiger partial charge is 0.279 e. The van der Waals surface area contributed by atoms with Crippen LogP contribution in [0.15, 0.2) is 4.79 Å². The summed E-state index contributed by atoms with van der Waals surface area (Å²) >= 11 is 7.02. The van der Waals surface area contributed by atoms with Crippen LogP contribution >= 0.6 is 23.6 Å². The van der Waals surface area contributed by atoms with Gasteiger partial charge in [-0.15, -0.1) is 16.4 Å². The van der Waals surface area contributed by atoms with Gasteiger partial charge in [0.2, 0.25) is 10.5 Å².